The average Bonchev–Trinajstić information content (AvgIpc) is 2.48. The van der Waals surface area contributed by atoms with Gasteiger partial charge in [-0.05, 0) is 5.56 Å². The molecule has 0 fully saturated rings. The van der Waals surface area contributed by atoms with Gasteiger partial charge in [0.15, 0.2) is 0 Å². The maximum Gasteiger partial charge on any atom is 0.306 e. The number of ether oxygens (including phenoxy) is 1. The molecule has 6 nitrogen and oxygen atoms in total. The van der Waals surface area contributed by atoms with E-state index in [0.717, 1.165) is 5.56 Å². The minimum atomic E-state index is -3.59. The zero-order valence-corrected chi connectivity index (χ0v) is 13.5. The fourth-order valence-electron chi connectivity index (χ4n) is 1.87. The van der Waals surface area contributed by atoms with Gasteiger partial charge in [0.05, 0.1) is 13.5 Å². The lowest BCUT2D eigenvalue weighted by Crippen LogP contribution is -2.42. The number of esters is 1. The van der Waals surface area contributed by atoms with E-state index in [9.17, 15) is 13.2 Å². The highest BCUT2D eigenvalue weighted by Gasteiger charge is 2.26. The first-order chi connectivity index (χ1) is 9.91. The second kappa shape index (κ2) is 8.11. The molecule has 0 aromatic heterocycles. The van der Waals surface area contributed by atoms with Crippen molar-refractivity contribution in [2.75, 3.05) is 27.2 Å². The van der Waals surface area contributed by atoms with Crippen LogP contribution in [-0.2, 0) is 26.3 Å². The number of methoxy groups -OCH3 is 1. The molecule has 0 saturated heterocycles. The molecular formula is C14H22N2O4S. The molecule has 0 aliphatic rings. The van der Waals surface area contributed by atoms with E-state index in [1.54, 1.807) is 6.92 Å². The van der Waals surface area contributed by atoms with Crippen molar-refractivity contribution in [1.29, 1.82) is 0 Å². The highest BCUT2D eigenvalue weighted by Crippen LogP contribution is 2.12. The maximum atomic E-state index is 12.5. The van der Waals surface area contributed by atoms with Gasteiger partial charge in [-0.15, -0.1) is 0 Å². The van der Waals surface area contributed by atoms with Gasteiger partial charge in [-0.25, -0.2) is 0 Å². The van der Waals surface area contributed by atoms with Crippen molar-refractivity contribution in [2.45, 2.75) is 19.9 Å². The Morgan fingerprint density at radius 1 is 1.24 bits per heavy atom. The Hall–Kier alpha value is -1.44. The molecule has 1 aromatic rings. The van der Waals surface area contributed by atoms with Crippen LogP contribution in [0.25, 0.3) is 0 Å². The third-order valence-electron chi connectivity index (χ3n) is 3.11. The van der Waals surface area contributed by atoms with Crippen LogP contribution in [0.3, 0.4) is 0 Å². The lowest BCUT2D eigenvalue weighted by Gasteiger charge is -2.26. The van der Waals surface area contributed by atoms with Crippen LogP contribution in [0.5, 0.6) is 0 Å². The van der Waals surface area contributed by atoms with Crippen LogP contribution in [0.1, 0.15) is 18.9 Å². The summed E-state index contributed by atoms with van der Waals surface area (Å²) < 4.78 is 32.0. The monoisotopic (exact) mass is 314 g/mol. The van der Waals surface area contributed by atoms with E-state index in [0.29, 0.717) is 6.54 Å². The Balaban J connectivity index is 2.74. The predicted molar refractivity (Wildman–Crippen MR) is 80.7 cm³/mol. The van der Waals surface area contributed by atoms with Crippen LogP contribution in [-0.4, -0.2) is 50.2 Å². The van der Waals surface area contributed by atoms with E-state index in [-0.39, 0.29) is 19.5 Å². The summed E-state index contributed by atoms with van der Waals surface area (Å²) in [6.45, 7) is 2.45. The number of hydrogen-bond acceptors (Lipinski definition) is 4. The van der Waals surface area contributed by atoms with Gasteiger partial charge in [0.25, 0.3) is 10.2 Å². The van der Waals surface area contributed by atoms with Crippen LogP contribution < -0.4 is 0 Å². The highest BCUT2D eigenvalue weighted by molar-refractivity contribution is 7.86. The Labute approximate surface area is 126 Å². The summed E-state index contributed by atoms with van der Waals surface area (Å²) in [6, 6.07) is 9.36. The fraction of sp³-hybridized carbons (Fsp3) is 0.500. The number of benzene rings is 1. The van der Waals surface area contributed by atoms with Crippen molar-refractivity contribution < 1.29 is 17.9 Å². The number of carbonyl (C=O) groups excluding carboxylic acids is 1. The number of carbonyl (C=O) groups is 1. The number of hydrogen-bond donors (Lipinski definition) is 0. The molecule has 1 rings (SSSR count). The second-order valence-electron chi connectivity index (χ2n) is 4.57. The SMILES string of the molecule is CCN(CCC(=O)OC)S(=O)(=O)N(C)Cc1ccccc1. The van der Waals surface area contributed by atoms with Crippen molar-refractivity contribution in [3.8, 4) is 0 Å². The summed E-state index contributed by atoms with van der Waals surface area (Å²) in [5.41, 5.74) is 0.910. The van der Waals surface area contributed by atoms with Crippen LogP contribution in [0, 0.1) is 0 Å². The van der Waals surface area contributed by atoms with Gasteiger partial charge in [-0.2, -0.15) is 17.0 Å². The van der Waals surface area contributed by atoms with Crippen molar-refractivity contribution in [3.63, 3.8) is 0 Å². The zero-order valence-electron chi connectivity index (χ0n) is 12.7. The zero-order chi connectivity index (χ0) is 15.9. The standard InChI is InChI=1S/C14H22N2O4S/c1-4-16(11-10-14(17)20-3)21(18,19)15(2)12-13-8-6-5-7-9-13/h5-9H,4,10-12H2,1-3H3. The van der Waals surface area contributed by atoms with Gasteiger partial charge < -0.3 is 4.74 Å². The molecule has 21 heavy (non-hydrogen) atoms. The molecule has 0 aliphatic carbocycles. The summed E-state index contributed by atoms with van der Waals surface area (Å²) in [4.78, 5) is 11.2. The first-order valence-corrected chi connectivity index (χ1v) is 8.13. The molecule has 0 radical (unpaired) electrons. The number of nitrogens with zero attached hydrogens (tertiary/aromatic N) is 2. The summed E-state index contributed by atoms with van der Waals surface area (Å²) in [6.07, 6.45) is 0.0444. The molecule has 0 heterocycles. The molecule has 0 N–H and O–H groups in total. The van der Waals surface area contributed by atoms with Gasteiger partial charge in [0, 0.05) is 26.7 Å². The Morgan fingerprint density at radius 3 is 2.38 bits per heavy atom. The van der Waals surface area contributed by atoms with Crippen molar-refractivity contribution in [1.82, 2.24) is 8.61 Å². The molecule has 1 aromatic carbocycles. The summed E-state index contributed by atoms with van der Waals surface area (Å²) >= 11 is 0. The Kier molecular flexibility index (Phi) is 6.80. The average molecular weight is 314 g/mol. The Morgan fingerprint density at radius 2 is 1.86 bits per heavy atom. The lowest BCUT2D eigenvalue weighted by molar-refractivity contribution is -0.140. The third kappa shape index (κ3) is 5.11. The lowest BCUT2D eigenvalue weighted by atomic mass is 10.2. The summed E-state index contributed by atoms with van der Waals surface area (Å²) in [5.74, 6) is -0.422. The predicted octanol–water partition coefficient (Wildman–Crippen LogP) is 1.25. The van der Waals surface area contributed by atoms with Gasteiger partial charge >= 0.3 is 5.97 Å². The van der Waals surface area contributed by atoms with Crippen molar-refractivity contribution >= 4 is 16.2 Å². The van der Waals surface area contributed by atoms with Crippen LogP contribution in [0.15, 0.2) is 30.3 Å². The second-order valence-corrected chi connectivity index (χ2v) is 6.60. The molecular weight excluding hydrogens is 292 g/mol. The van der Waals surface area contributed by atoms with Crippen molar-refractivity contribution in [3.05, 3.63) is 35.9 Å². The fourth-order valence-corrected chi connectivity index (χ4v) is 3.23. The van der Waals surface area contributed by atoms with Crippen LogP contribution in [0.4, 0.5) is 0 Å². The first kappa shape index (κ1) is 17.6. The molecule has 0 amide bonds. The van der Waals surface area contributed by atoms with Gasteiger partial charge in [-0.1, -0.05) is 37.3 Å². The molecule has 0 unspecified atom stereocenters. The molecule has 0 saturated carbocycles. The van der Waals surface area contributed by atoms with E-state index >= 15 is 0 Å². The summed E-state index contributed by atoms with van der Waals surface area (Å²) in [5, 5.41) is 0. The van der Waals surface area contributed by atoms with E-state index in [4.69, 9.17) is 0 Å². The normalized spacial score (nSPS) is 11.9. The van der Waals surface area contributed by atoms with Crippen LogP contribution >= 0.6 is 0 Å². The largest absolute Gasteiger partial charge is 0.469 e. The maximum absolute atomic E-state index is 12.5. The summed E-state index contributed by atoms with van der Waals surface area (Å²) in [7, 11) is -0.777. The minimum Gasteiger partial charge on any atom is -0.469 e. The third-order valence-corrected chi connectivity index (χ3v) is 5.12. The first-order valence-electron chi connectivity index (χ1n) is 6.74. The topological polar surface area (TPSA) is 66.9 Å². The Bertz CT molecular complexity index is 545. The molecule has 118 valence electrons. The smallest absolute Gasteiger partial charge is 0.306 e. The molecule has 0 spiro atoms. The van der Waals surface area contributed by atoms with E-state index in [2.05, 4.69) is 4.74 Å². The quantitative estimate of drug-likeness (QED) is 0.677. The van der Waals surface area contributed by atoms with Gasteiger partial charge in [-0.3, -0.25) is 4.79 Å². The van der Waals surface area contributed by atoms with Gasteiger partial charge in [0.2, 0.25) is 0 Å². The molecule has 0 aliphatic heterocycles. The van der Waals surface area contributed by atoms with Crippen molar-refractivity contribution in [2.24, 2.45) is 0 Å². The minimum absolute atomic E-state index is 0.0444. The number of rotatable bonds is 8. The van der Waals surface area contributed by atoms with Gasteiger partial charge in [0.1, 0.15) is 0 Å². The van der Waals surface area contributed by atoms with E-state index in [1.165, 1.54) is 22.8 Å². The molecule has 0 bridgehead atoms. The van der Waals surface area contributed by atoms with E-state index < -0.39 is 16.2 Å². The van der Waals surface area contributed by atoms with E-state index in [1.807, 2.05) is 30.3 Å². The molecule has 7 heteroatoms. The molecule has 0 atom stereocenters. The van der Waals surface area contributed by atoms with Crippen LogP contribution in [0.2, 0.25) is 0 Å². The highest BCUT2D eigenvalue weighted by atomic mass is 32.2.